The van der Waals surface area contributed by atoms with Crippen molar-refractivity contribution in [1.29, 1.82) is 0 Å². The molecule has 3 fully saturated rings. The summed E-state index contributed by atoms with van der Waals surface area (Å²) in [7, 11) is 1.42. The Kier molecular flexibility index (Phi) is 15.7. The molecule has 3 aliphatic heterocycles. The van der Waals surface area contributed by atoms with E-state index < -0.39 is 79.6 Å². The number of methoxy groups -OCH3 is 1. The fraction of sp³-hybridized carbons (Fsp3) is 0.404. The minimum Gasteiger partial charge on any atom is -0.489 e. The first-order valence-electron chi connectivity index (χ1n) is 20.3. The molecule has 0 spiro atoms. The fourth-order valence-electron chi connectivity index (χ4n) is 7.51. The standard InChI is InChI=1S/C47H52O14/c1-4-24-52-35-23-15-14-22-34(35)25-38(49)60-44-42(53-26-31-16-8-5-9-17-31)40-37(29-55-45(61-40)33-20-12-7-13-21-33)59-47(44)56-28-36-39(50)41(57-30(2)48)43(46(51-3)58-36)54-27-32-18-10-6-11-19-32/h4-23,36-37,39-47,50H,1,24-29H2,2-3H3/t36-,37-,39-,40+,41+,42+,43-,44-,45+,46+,47-/m1/s1. The Morgan fingerprint density at radius 3 is 2.03 bits per heavy atom. The summed E-state index contributed by atoms with van der Waals surface area (Å²) in [5.41, 5.74) is 3.11. The molecule has 3 heterocycles. The number of fused-ring (bicyclic) bond motifs is 1. The van der Waals surface area contributed by atoms with Gasteiger partial charge in [0, 0.05) is 25.2 Å². The van der Waals surface area contributed by atoms with Crippen molar-refractivity contribution in [3.63, 3.8) is 0 Å². The Morgan fingerprint density at radius 2 is 1.38 bits per heavy atom. The van der Waals surface area contributed by atoms with Gasteiger partial charge in [0.2, 0.25) is 0 Å². The molecular weight excluding hydrogens is 789 g/mol. The van der Waals surface area contributed by atoms with Crippen molar-refractivity contribution >= 4 is 11.9 Å². The Hall–Kier alpha value is -5.00. The third-order valence-corrected chi connectivity index (χ3v) is 10.4. The first kappa shape index (κ1) is 44.1. The zero-order chi connectivity index (χ0) is 42.6. The van der Waals surface area contributed by atoms with Crippen LogP contribution in [0.1, 0.15) is 35.5 Å². The third kappa shape index (κ3) is 11.5. The molecule has 3 saturated heterocycles. The van der Waals surface area contributed by atoms with Crippen LogP contribution in [0.2, 0.25) is 0 Å². The highest BCUT2D eigenvalue weighted by atomic mass is 16.8. The molecule has 1 N–H and O–H groups in total. The maximum absolute atomic E-state index is 14.0. The van der Waals surface area contributed by atoms with E-state index in [1.165, 1.54) is 14.0 Å². The molecule has 14 heteroatoms. The average molecular weight is 841 g/mol. The maximum Gasteiger partial charge on any atom is 0.310 e. The van der Waals surface area contributed by atoms with Crippen LogP contribution in [0.5, 0.6) is 5.75 Å². The molecule has 0 unspecified atom stereocenters. The molecule has 11 atom stereocenters. The van der Waals surface area contributed by atoms with Crippen molar-refractivity contribution in [2.75, 3.05) is 26.9 Å². The molecule has 4 aromatic rings. The number of esters is 2. The topological polar surface area (TPSA) is 156 Å². The minimum atomic E-state index is -1.43. The first-order valence-corrected chi connectivity index (χ1v) is 20.3. The van der Waals surface area contributed by atoms with Crippen LogP contribution in [0.3, 0.4) is 0 Å². The lowest BCUT2D eigenvalue weighted by molar-refractivity contribution is -0.373. The summed E-state index contributed by atoms with van der Waals surface area (Å²) in [6.07, 6.45) is -10.1. The molecule has 7 rings (SSSR count). The van der Waals surface area contributed by atoms with Gasteiger partial charge in [0.25, 0.3) is 0 Å². The lowest BCUT2D eigenvalue weighted by Gasteiger charge is -2.49. The summed E-state index contributed by atoms with van der Waals surface area (Å²) in [6, 6.07) is 35.6. The predicted molar refractivity (Wildman–Crippen MR) is 218 cm³/mol. The van der Waals surface area contributed by atoms with Gasteiger partial charge in [0.1, 0.15) is 49.0 Å². The van der Waals surface area contributed by atoms with Gasteiger partial charge in [-0.05, 0) is 17.2 Å². The molecular formula is C47H52O14. The summed E-state index contributed by atoms with van der Waals surface area (Å²) in [4.78, 5) is 26.4. The molecule has 0 aromatic heterocycles. The lowest BCUT2D eigenvalue weighted by Crippen LogP contribution is -2.65. The van der Waals surface area contributed by atoms with E-state index >= 15 is 0 Å². The van der Waals surface area contributed by atoms with E-state index in [9.17, 15) is 14.7 Å². The van der Waals surface area contributed by atoms with Crippen LogP contribution in [0, 0.1) is 0 Å². The summed E-state index contributed by atoms with van der Waals surface area (Å²) in [5, 5.41) is 11.7. The number of para-hydroxylation sites is 1. The third-order valence-electron chi connectivity index (χ3n) is 10.4. The number of hydrogen-bond acceptors (Lipinski definition) is 14. The number of aliphatic hydroxyl groups is 1. The zero-order valence-corrected chi connectivity index (χ0v) is 34.1. The van der Waals surface area contributed by atoms with E-state index in [-0.39, 0.29) is 39.5 Å². The molecule has 0 amide bonds. The number of rotatable bonds is 18. The van der Waals surface area contributed by atoms with Gasteiger partial charge in [-0.25, -0.2) is 0 Å². The van der Waals surface area contributed by atoms with Gasteiger partial charge in [-0.2, -0.15) is 0 Å². The van der Waals surface area contributed by atoms with Crippen molar-refractivity contribution in [2.45, 2.75) is 94.3 Å². The van der Waals surface area contributed by atoms with Crippen LogP contribution in [-0.4, -0.2) is 105 Å². The van der Waals surface area contributed by atoms with Crippen molar-refractivity contribution in [3.8, 4) is 5.75 Å². The molecule has 3 aliphatic rings. The monoisotopic (exact) mass is 840 g/mol. The molecule has 0 saturated carbocycles. The average Bonchev–Trinajstić information content (AvgIpc) is 3.28. The van der Waals surface area contributed by atoms with Gasteiger partial charge in [-0.15, -0.1) is 0 Å². The summed E-state index contributed by atoms with van der Waals surface area (Å²) in [5.74, 6) is -0.743. The van der Waals surface area contributed by atoms with Crippen LogP contribution in [0.15, 0.2) is 128 Å². The number of carbonyl (C=O) groups is 2. The van der Waals surface area contributed by atoms with Gasteiger partial charge < -0.3 is 57.2 Å². The van der Waals surface area contributed by atoms with Crippen LogP contribution in [0.4, 0.5) is 0 Å². The van der Waals surface area contributed by atoms with E-state index in [2.05, 4.69) is 6.58 Å². The number of aliphatic hydroxyl groups excluding tert-OH is 1. The maximum atomic E-state index is 14.0. The first-order chi connectivity index (χ1) is 29.8. The van der Waals surface area contributed by atoms with Crippen molar-refractivity contribution in [2.24, 2.45) is 0 Å². The van der Waals surface area contributed by atoms with Gasteiger partial charge in [0.15, 0.2) is 31.1 Å². The Labute approximate surface area is 355 Å². The van der Waals surface area contributed by atoms with E-state index in [1.807, 2.05) is 97.1 Å². The van der Waals surface area contributed by atoms with Crippen LogP contribution in [0.25, 0.3) is 0 Å². The number of benzene rings is 4. The Bertz CT molecular complexity index is 1980. The van der Waals surface area contributed by atoms with Gasteiger partial charge in [-0.1, -0.05) is 122 Å². The SMILES string of the molecule is C=CCOc1ccccc1CC(=O)O[C@H]1[C@H](OC[C@H]2O[C@H](OC)[C@H](OCc3ccccc3)[C@@H](OC(C)=O)[C@@H]2O)O[C@@H]2CO[C@H](c3ccccc3)O[C@@H]2[C@@H]1OCc1ccccc1. The summed E-state index contributed by atoms with van der Waals surface area (Å²) >= 11 is 0. The van der Waals surface area contributed by atoms with E-state index in [0.717, 1.165) is 16.7 Å². The van der Waals surface area contributed by atoms with Crippen LogP contribution < -0.4 is 4.74 Å². The second-order valence-corrected chi connectivity index (χ2v) is 14.8. The van der Waals surface area contributed by atoms with Crippen molar-refractivity contribution in [1.82, 2.24) is 0 Å². The number of ether oxygens (including phenoxy) is 11. The normalized spacial score (nSPS) is 28.5. The zero-order valence-electron chi connectivity index (χ0n) is 34.1. The molecule has 324 valence electrons. The largest absolute Gasteiger partial charge is 0.489 e. The summed E-state index contributed by atoms with van der Waals surface area (Å²) in [6.45, 7) is 5.26. The molecule has 0 radical (unpaired) electrons. The highest BCUT2D eigenvalue weighted by Crippen LogP contribution is 2.38. The minimum absolute atomic E-state index is 0.0905. The van der Waals surface area contributed by atoms with Crippen LogP contribution in [-0.2, 0) is 76.6 Å². The molecule has 61 heavy (non-hydrogen) atoms. The highest BCUT2D eigenvalue weighted by Gasteiger charge is 2.54. The Morgan fingerprint density at radius 1 is 0.738 bits per heavy atom. The van der Waals surface area contributed by atoms with Gasteiger partial charge in [-0.3, -0.25) is 9.59 Å². The highest BCUT2D eigenvalue weighted by molar-refractivity contribution is 5.74. The summed E-state index contributed by atoms with van der Waals surface area (Å²) < 4.78 is 68.2. The fourth-order valence-corrected chi connectivity index (χ4v) is 7.51. The van der Waals surface area contributed by atoms with Crippen molar-refractivity contribution in [3.05, 3.63) is 150 Å². The Balaban J connectivity index is 1.15. The van der Waals surface area contributed by atoms with E-state index in [1.54, 1.807) is 24.3 Å². The number of hydrogen-bond donors (Lipinski definition) is 1. The smallest absolute Gasteiger partial charge is 0.310 e. The molecule has 14 nitrogen and oxygen atoms in total. The quantitative estimate of drug-likeness (QED) is 0.100. The predicted octanol–water partition coefficient (Wildman–Crippen LogP) is 5.40. The molecule has 4 aromatic carbocycles. The second kappa shape index (κ2) is 21.7. The van der Waals surface area contributed by atoms with E-state index in [4.69, 9.17) is 52.1 Å². The lowest BCUT2D eigenvalue weighted by atomic mass is 9.96. The van der Waals surface area contributed by atoms with Crippen molar-refractivity contribution < 1.29 is 66.8 Å². The van der Waals surface area contributed by atoms with Crippen LogP contribution >= 0.6 is 0 Å². The number of carbonyl (C=O) groups excluding carboxylic acids is 2. The van der Waals surface area contributed by atoms with Gasteiger partial charge >= 0.3 is 11.9 Å². The second-order valence-electron chi connectivity index (χ2n) is 14.8. The molecule has 0 bridgehead atoms. The van der Waals surface area contributed by atoms with E-state index in [0.29, 0.717) is 11.3 Å². The van der Waals surface area contributed by atoms with Gasteiger partial charge in [0.05, 0.1) is 32.8 Å². The molecule has 0 aliphatic carbocycles.